The van der Waals surface area contributed by atoms with Crippen LogP contribution in [0.25, 0.3) is 0 Å². The molecule has 0 atom stereocenters. The largest absolute Gasteiger partial charge is 0.367 e. The number of hydrogen-bond donors (Lipinski definition) is 2. The van der Waals surface area contributed by atoms with E-state index in [0.717, 1.165) is 25.9 Å². The minimum Gasteiger partial charge on any atom is -0.367 e. The zero-order chi connectivity index (χ0) is 13.7. The summed E-state index contributed by atoms with van der Waals surface area (Å²) in [5.74, 6) is 0.0752. The van der Waals surface area contributed by atoms with Gasteiger partial charge in [0.25, 0.3) is 5.91 Å². The van der Waals surface area contributed by atoms with E-state index in [9.17, 15) is 4.79 Å². The summed E-state index contributed by atoms with van der Waals surface area (Å²) in [5, 5.41) is 11.9. The Bertz CT molecular complexity index is 488. The molecule has 3 N–H and O–H groups in total. The fourth-order valence-electron chi connectivity index (χ4n) is 2.25. The van der Waals surface area contributed by atoms with E-state index in [1.54, 1.807) is 18.3 Å². The third kappa shape index (κ3) is 3.42. The van der Waals surface area contributed by atoms with Crippen LogP contribution in [0.2, 0.25) is 0 Å². The zero-order valence-corrected chi connectivity index (χ0v) is 10.7. The van der Waals surface area contributed by atoms with E-state index in [2.05, 4.69) is 21.3 Å². The number of hydrogen-bond acceptors (Lipinski definition) is 5. The molecule has 0 aromatic carbocycles. The van der Waals surface area contributed by atoms with E-state index >= 15 is 0 Å². The fraction of sp³-hybridized carbons (Fsp3) is 0.462. The van der Waals surface area contributed by atoms with E-state index in [-0.39, 0.29) is 6.04 Å². The van der Waals surface area contributed by atoms with Gasteiger partial charge in [0, 0.05) is 25.3 Å². The zero-order valence-electron chi connectivity index (χ0n) is 10.7. The van der Waals surface area contributed by atoms with Gasteiger partial charge in [0.1, 0.15) is 5.82 Å². The topological polar surface area (TPSA) is 95.0 Å². The highest BCUT2D eigenvalue weighted by Gasteiger charge is 2.20. The summed E-state index contributed by atoms with van der Waals surface area (Å²) in [6.07, 6.45) is 3.49. The number of pyridine rings is 1. The number of likely N-dealkylation sites (tertiary alicyclic amines) is 1. The van der Waals surface area contributed by atoms with Crippen molar-refractivity contribution < 1.29 is 4.79 Å². The molecule has 1 aliphatic heterocycles. The van der Waals surface area contributed by atoms with Gasteiger partial charge in [-0.15, -0.1) is 0 Å². The lowest BCUT2D eigenvalue weighted by molar-refractivity contribution is 0.100. The van der Waals surface area contributed by atoms with Crippen LogP contribution in [-0.2, 0) is 0 Å². The quantitative estimate of drug-likeness (QED) is 0.771. The Kier molecular flexibility index (Phi) is 4.31. The number of rotatable bonds is 4. The number of piperidine rings is 1. The number of carbonyl (C=O) groups excluding carboxylic acids is 1. The number of nitrogens with zero attached hydrogens (tertiary/aromatic N) is 3. The lowest BCUT2D eigenvalue weighted by Crippen LogP contribution is -2.39. The molecule has 0 saturated carbocycles. The molecule has 1 saturated heterocycles. The Morgan fingerprint density at radius 3 is 2.95 bits per heavy atom. The first-order valence-electron chi connectivity index (χ1n) is 6.31. The highest BCUT2D eigenvalue weighted by atomic mass is 16.1. The van der Waals surface area contributed by atoms with Crippen LogP contribution in [0.4, 0.5) is 5.82 Å². The Hall–Kier alpha value is -2.13. The van der Waals surface area contributed by atoms with Gasteiger partial charge < -0.3 is 11.1 Å². The number of primary amides is 1. The summed E-state index contributed by atoms with van der Waals surface area (Å²) in [6.45, 7) is 2.23. The van der Waals surface area contributed by atoms with E-state index in [1.165, 1.54) is 0 Å². The molecule has 1 aromatic rings. The van der Waals surface area contributed by atoms with Gasteiger partial charge in [-0.25, -0.2) is 4.98 Å². The van der Waals surface area contributed by atoms with Crippen molar-refractivity contribution in [2.75, 3.05) is 25.0 Å². The standard InChI is InChI=1S/C13H17N5O/c14-5-9-18-7-3-10(4-8-18)17-13-11(12(15)19)2-1-6-16-13/h1-2,6,10H,3-4,7-9H2,(H2,15,19)(H,16,17). The van der Waals surface area contributed by atoms with Gasteiger partial charge in [-0.2, -0.15) is 5.26 Å². The van der Waals surface area contributed by atoms with Gasteiger partial charge in [0.15, 0.2) is 0 Å². The number of carbonyl (C=O) groups is 1. The van der Waals surface area contributed by atoms with Crippen LogP contribution < -0.4 is 11.1 Å². The summed E-state index contributed by atoms with van der Waals surface area (Å²) in [5.41, 5.74) is 5.74. The van der Waals surface area contributed by atoms with Crippen LogP contribution >= 0.6 is 0 Å². The molecule has 100 valence electrons. The van der Waals surface area contributed by atoms with Gasteiger partial charge in [-0.3, -0.25) is 9.69 Å². The third-order valence-electron chi connectivity index (χ3n) is 3.30. The van der Waals surface area contributed by atoms with Crippen molar-refractivity contribution >= 4 is 11.7 Å². The number of anilines is 1. The Morgan fingerprint density at radius 2 is 2.32 bits per heavy atom. The number of nitrogens with one attached hydrogen (secondary N) is 1. The Balaban J connectivity index is 1.96. The van der Waals surface area contributed by atoms with Crippen molar-refractivity contribution in [3.8, 4) is 6.07 Å². The minimum absolute atomic E-state index is 0.267. The molecule has 0 aliphatic carbocycles. The van der Waals surface area contributed by atoms with Crippen LogP contribution in [0.3, 0.4) is 0 Å². The van der Waals surface area contributed by atoms with Crippen LogP contribution in [0.1, 0.15) is 23.2 Å². The van der Waals surface area contributed by atoms with Crippen LogP contribution in [0.15, 0.2) is 18.3 Å². The smallest absolute Gasteiger partial charge is 0.252 e. The van der Waals surface area contributed by atoms with Crippen molar-refractivity contribution in [1.82, 2.24) is 9.88 Å². The second-order valence-corrected chi connectivity index (χ2v) is 4.62. The van der Waals surface area contributed by atoms with Crippen molar-refractivity contribution in [2.24, 2.45) is 5.73 Å². The first kappa shape index (κ1) is 13.3. The molecule has 2 heterocycles. The number of aromatic nitrogens is 1. The minimum atomic E-state index is -0.475. The molecule has 2 rings (SSSR count). The molecule has 19 heavy (non-hydrogen) atoms. The monoisotopic (exact) mass is 259 g/mol. The van der Waals surface area contributed by atoms with Crippen molar-refractivity contribution in [3.63, 3.8) is 0 Å². The predicted octanol–water partition coefficient (Wildman–Crippen LogP) is 0.580. The molecule has 1 amide bonds. The number of nitrogens with two attached hydrogens (primary N) is 1. The van der Waals surface area contributed by atoms with Crippen molar-refractivity contribution in [1.29, 1.82) is 5.26 Å². The molecular formula is C13H17N5O. The summed E-state index contributed by atoms with van der Waals surface area (Å²) >= 11 is 0. The summed E-state index contributed by atoms with van der Waals surface area (Å²) in [7, 11) is 0. The van der Waals surface area contributed by atoms with Gasteiger partial charge in [0.05, 0.1) is 18.2 Å². The second kappa shape index (κ2) is 6.16. The average molecular weight is 259 g/mol. The molecule has 6 nitrogen and oxygen atoms in total. The molecule has 1 aromatic heterocycles. The normalized spacial score (nSPS) is 16.8. The molecule has 1 aliphatic rings. The van der Waals surface area contributed by atoms with E-state index < -0.39 is 5.91 Å². The van der Waals surface area contributed by atoms with Crippen molar-refractivity contribution in [3.05, 3.63) is 23.9 Å². The summed E-state index contributed by atoms with van der Waals surface area (Å²) in [4.78, 5) is 17.6. The third-order valence-corrected chi connectivity index (χ3v) is 3.30. The first-order chi connectivity index (χ1) is 9.20. The van der Waals surface area contributed by atoms with Gasteiger partial charge >= 0.3 is 0 Å². The molecule has 0 radical (unpaired) electrons. The van der Waals surface area contributed by atoms with E-state index in [0.29, 0.717) is 17.9 Å². The molecule has 6 heteroatoms. The van der Waals surface area contributed by atoms with Crippen LogP contribution in [-0.4, -0.2) is 41.5 Å². The fourth-order valence-corrected chi connectivity index (χ4v) is 2.25. The first-order valence-corrected chi connectivity index (χ1v) is 6.31. The second-order valence-electron chi connectivity index (χ2n) is 4.62. The molecule has 0 unspecified atom stereocenters. The Labute approximate surface area is 112 Å². The maximum absolute atomic E-state index is 11.3. The average Bonchev–Trinajstić information content (AvgIpc) is 2.42. The SMILES string of the molecule is N#CCN1CCC(Nc2ncccc2C(N)=O)CC1. The highest BCUT2D eigenvalue weighted by Crippen LogP contribution is 2.17. The number of nitriles is 1. The van der Waals surface area contributed by atoms with E-state index in [4.69, 9.17) is 11.0 Å². The molecule has 0 bridgehead atoms. The predicted molar refractivity (Wildman–Crippen MR) is 71.5 cm³/mol. The van der Waals surface area contributed by atoms with Gasteiger partial charge in [0.2, 0.25) is 0 Å². The molecule has 1 fully saturated rings. The van der Waals surface area contributed by atoms with Gasteiger partial charge in [-0.05, 0) is 25.0 Å². The molecule has 0 spiro atoms. The van der Waals surface area contributed by atoms with Crippen LogP contribution in [0, 0.1) is 11.3 Å². The lowest BCUT2D eigenvalue weighted by atomic mass is 10.0. The van der Waals surface area contributed by atoms with Gasteiger partial charge in [-0.1, -0.05) is 0 Å². The lowest BCUT2D eigenvalue weighted by Gasteiger charge is -2.31. The highest BCUT2D eigenvalue weighted by molar-refractivity contribution is 5.97. The van der Waals surface area contributed by atoms with Crippen molar-refractivity contribution in [2.45, 2.75) is 18.9 Å². The maximum Gasteiger partial charge on any atom is 0.252 e. The van der Waals surface area contributed by atoms with E-state index in [1.807, 2.05) is 0 Å². The maximum atomic E-state index is 11.3. The number of amides is 1. The molecular weight excluding hydrogens is 242 g/mol. The Morgan fingerprint density at radius 1 is 1.58 bits per heavy atom. The summed E-state index contributed by atoms with van der Waals surface area (Å²) in [6, 6.07) is 5.79. The summed E-state index contributed by atoms with van der Waals surface area (Å²) < 4.78 is 0. The van der Waals surface area contributed by atoms with Crippen LogP contribution in [0.5, 0.6) is 0 Å².